The summed E-state index contributed by atoms with van der Waals surface area (Å²) in [6.45, 7) is 24.5. The summed E-state index contributed by atoms with van der Waals surface area (Å²) in [5, 5.41) is 8.63. The zero-order chi connectivity index (χ0) is 41.4. The predicted octanol–water partition coefficient (Wildman–Crippen LogP) is 20.4. The first-order valence-electron chi connectivity index (χ1n) is 25.0. The Balaban J connectivity index is -0.000000194. The van der Waals surface area contributed by atoms with Gasteiger partial charge in [-0.1, -0.05) is 277 Å². The second kappa shape index (κ2) is 69.4. The van der Waals surface area contributed by atoms with Gasteiger partial charge in [-0.05, 0) is 12.1 Å². The third-order valence-corrected chi connectivity index (χ3v) is 10.2. The second-order valence-electron chi connectivity index (χ2n) is 16.1. The van der Waals surface area contributed by atoms with Gasteiger partial charge in [0.15, 0.2) is 0 Å². The number of unbranched alkanes of at least 4 members (excludes halogenated alkanes) is 36. The van der Waals surface area contributed by atoms with Crippen molar-refractivity contribution in [2.75, 3.05) is 0 Å². The average molecular weight is 819 g/mol. The largest absolute Gasteiger partial charge is 4.00 e. The summed E-state index contributed by atoms with van der Waals surface area (Å²) in [6, 6.07) is 8.71. The van der Waals surface area contributed by atoms with Gasteiger partial charge in [0.25, 0.3) is 0 Å². The van der Waals surface area contributed by atoms with Crippen molar-refractivity contribution in [3.63, 3.8) is 0 Å². The van der Waals surface area contributed by atoms with Crippen LogP contribution in [0.15, 0.2) is 30.3 Å². The minimum atomic E-state index is 0. The zero-order valence-corrected chi connectivity index (χ0v) is 41.0. The van der Waals surface area contributed by atoms with Crippen molar-refractivity contribution in [3.05, 3.63) is 58.0 Å². The molecule has 0 spiro atoms. The van der Waals surface area contributed by atoms with E-state index in [0.717, 1.165) is 25.7 Å². The Labute approximate surface area is 373 Å². The molecule has 0 aliphatic rings. The third kappa shape index (κ3) is 78.1. The summed E-state index contributed by atoms with van der Waals surface area (Å²) in [6.07, 6.45) is 55.5. The molecule has 0 aliphatic carbocycles. The monoisotopic (exact) mass is 819 g/mol. The topological polar surface area (TPSA) is 20.2 Å². The first kappa shape index (κ1) is 64.9. The van der Waals surface area contributed by atoms with Gasteiger partial charge in [0.1, 0.15) is 5.75 Å². The third-order valence-electron chi connectivity index (χ3n) is 10.2. The molecule has 0 heterocycles. The van der Waals surface area contributed by atoms with Crippen LogP contribution in [0.5, 0.6) is 5.75 Å². The average Bonchev–Trinajstić information content (AvgIpc) is 3.20. The SMILES string of the molecule is Oc1ccccc1.[CH2-]CCCCCCCCCCC.[CH2-]CCCCCCCCCCC.[CH2-]CCCCCCCCCCC.[CH2-]CCCCCCCCCCC.[Ti+4]. The smallest absolute Gasteiger partial charge is 0.508 e. The van der Waals surface area contributed by atoms with Crippen LogP contribution in [0.25, 0.3) is 0 Å². The van der Waals surface area contributed by atoms with Crippen molar-refractivity contribution < 1.29 is 26.8 Å². The van der Waals surface area contributed by atoms with Crippen LogP contribution >= 0.6 is 0 Å². The molecule has 1 rings (SSSR count). The van der Waals surface area contributed by atoms with E-state index >= 15 is 0 Å². The Kier molecular flexibility index (Phi) is 80.3. The van der Waals surface area contributed by atoms with Gasteiger partial charge < -0.3 is 32.8 Å². The molecule has 0 saturated heterocycles. The minimum absolute atomic E-state index is 0. The molecule has 0 saturated carbocycles. The predicted molar refractivity (Wildman–Crippen MR) is 257 cm³/mol. The molecule has 1 N–H and O–H groups in total. The van der Waals surface area contributed by atoms with Crippen LogP contribution < -0.4 is 0 Å². The van der Waals surface area contributed by atoms with Crippen molar-refractivity contribution in [2.45, 2.75) is 285 Å². The van der Waals surface area contributed by atoms with Crippen LogP contribution in [0.4, 0.5) is 0 Å². The molecule has 1 aromatic carbocycles. The first-order valence-corrected chi connectivity index (χ1v) is 25.0. The van der Waals surface area contributed by atoms with E-state index in [4.69, 9.17) is 5.11 Å². The summed E-state index contributed by atoms with van der Waals surface area (Å²) < 4.78 is 0. The Morgan fingerprint density at radius 3 is 0.571 bits per heavy atom. The Morgan fingerprint density at radius 1 is 0.286 bits per heavy atom. The Hall–Kier alpha value is -0.266. The number of benzene rings is 1. The maximum atomic E-state index is 8.63. The normalized spacial score (nSPS) is 10.1. The molecule has 332 valence electrons. The first-order chi connectivity index (χ1) is 27.1. The van der Waals surface area contributed by atoms with Gasteiger partial charge in [-0.3, -0.25) is 0 Å². The standard InChI is InChI=1S/4C12H25.C6H6O.Ti/c4*1-3-5-7-9-11-12-10-8-6-4-2;7-6-4-2-1-3-5-6;/h4*1,3-12H2,2H3;1-5,7H;/q4*-1;;+4. The van der Waals surface area contributed by atoms with Gasteiger partial charge in [0.05, 0.1) is 0 Å². The van der Waals surface area contributed by atoms with Crippen LogP contribution in [0, 0.1) is 27.7 Å². The van der Waals surface area contributed by atoms with E-state index in [1.807, 2.05) is 6.07 Å². The molecule has 1 nitrogen and oxygen atoms in total. The fourth-order valence-electron chi connectivity index (χ4n) is 6.38. The molecule has 0 atom stereocenters. The molecule has 0 aliphatic heterocycles. The molecule has 0 aromatic heterocycles. The van der Waals surface area contributed by atoms with Crippen LogP contribution in [-0.2, 0) is 21.7 Å². The van der Waals surface area contributed by atoms with E-state index in [-0.39, 0.29) is 21.7 Å². The van der Waals surface area contributed by atoms with Crippen molar-refractivity contribution >= 4 is 0 Å². The van der Waals surface area contributed by atoms with Crippen LogP contribution in [0.2, 0.25) is 0 Å². The molecule has 0 amide bonds. The van der Waals surface area contributed by atoms with Gasteiger partial charge in [-0.25, -0.2) is 0 Å². The number of para-hydroxylation sites is 1. The summed E-state index contributed by atoms with van der Waals surface area (Å²) >= 11 is 0. The molecule has 0 bridgehead atoms. The number of phenols is 1. The molecule has 2 heteroatoms. The summed E-state index contributed by atoms with van der Waals surface area (Å²) in [7, 11) is 0. The molecular weight excluding hydrogens is 712 g/mol. The molecular formula is C54H106OTi. The van der Waals surface area contributed by atoms with E-state index in [0.29, 0.717) is 5.75 Å². The second-order valence-corrected chi connectivity index (χ2v) is 16.1. The zero-order valence-electron chi connectivity index (χ0n) is 39.4. The van der Waals surface area contributed by atoms with Crippen molar-refractivity contribution in [3.8, 4) is 5.75 Å². The van der Waals surface area contributed by atoms with Gasteiger partial charge in [0.2, 0.25) is 0 Å². The maximum absolute atomic E-state index is 8.63. The van der Waals surface area contributed by atoms with E-state index < -0.39 is 0 Å². The molecule has 1 aromatic rings. The number of phenolic OH excluding ortho intramolecular Hbond substituents is 1. The van der Waals surface area contributed by atoms with E-state index in [9.17, 15) is 0 Å². The summed E-state index contributed by atoms with van der Waals surface area (Å²) in [4.78, 5) is 0. The Morgan fingerprint density at radius 2 is 0.446 bits per heavy atom. The Bertz CT molecular complexity index is 556. The van der Waals surface area contributed by atoms with E-state index in [1.54, 1.807) is 24.3 Å². The van der Waals surface area contributed by atoms with Crippen LogP contribution in [0.1, 0.15) is 285 Å². The summed E-state index contributed by atoms with van der Waals surface area (Å²) in [5.41, 5.74) is 0. The number of hydrogen-bond donors (Lipinski definition) is 1. The van der Waals surface area contributed by atoms with Gasteiger partial charge in [0, 0.05) is 0 Å². The minimum Gasteiger partial charge on any atom is -0.508 e. The molecule has 0 radical (unpaired) electrons. The van der Waals surface area contributed by atoms with Gasteiger partial charge in [-0.15, -0.1) is 0 Å². The van der Waals surface area contributed by atoms with Gasteiger partial charge >= 0.3 is 21.7 Å². The molecule has 0 fully saturated rings. The van der Waals surface area contributed by atoms with Crippen molar-refractivity contribution in [2.24, 2.45) is 0 Å². The van der Waals surface area contributed by atoms with Crippen molar-refractivity contribution in [1.82, 2.24) is 0 Å². The van der Waals surface area contributed by atoms with Crippen molar-refractivity contribution in [1.29, 1.82) is 0 Å². The number of rotatable bonds is 36. The molecule has 0 unspecified atom stereocenters. The maximum Gasteiger partial charge on any atom is 4.00 e. The fraction of sp³-hybridized carbons (Fsp3) is 0.815. The number of aromatic hydroxyl groups is 1. The molecule has 56 heavy (non-hydrogen) atoms. The van der Waals surface area contributed by atoms with Crippen LogP contribution in [0.3, 0.4) is 0 Å². The fourth-order valence-corrected chi connectivity index (χ4v) is 6.38. The quantitative estimate of drug-likeness (QED) is 0.0406. The number of hydrogen-bond acceptors (Lipinski definition) is 1. The van der Waals surface area contributed by atoms with E-state index in [2.05, 4.69) is 55.4 Å². The summed E-state index contributed by atoms with van der Waals surface area (Å²) in [5.74, 6) is 0.322. The van der Waals surface area contributed by atoms with Crippen LogP contribution in [-0.4, -0.2) is 5.11 Å². The van der Waals surface area contributed by atoms with E-state index in [1.165, 1.54) is 231 Å². The van der Waals surface area contributed by atoms with Gasteiger partial charge in [-0.2, -0.15) is 25.7 Å².